The highest BCUT2D eigenvalue weighted by Crippen LogP contribution is 2.22. The van der Waals surface area contributed by atoms with Gasteiger partial charge < -0.3 is 10.6 Å². The van der Waals surface area contributed by atoms with Gasteiger partial charge in [0.15, 0.2) is 0 Å². The summed E-state index contributed by atoms with van der Waals surface area (Å²) in [6.45, 7) is 7.16. The van der Waals surface area contributed by atoms with E-state index in [-0.39, 0.29) is 11.9 Å². The van der Waals surface area contributed by atoms with Crippen LogP contribution in [0.4, 0.5) is 5.69 Å². The van der Waals surface area contributed by atoms with Gasteiger partial charge in [-0.05, 0) is 56.7 Å². The molecule has 0 aliphatic carbocycles. The largest absolute Gasteiger partial charge is 0.385 e. The molecule has 1 amide bonds. The Bertz CT molecular complexity index is 589. The van der Waals surface area contributed by atoms with Crippen molar-refractivity contribution in [2.24, 2.45) is 0 Å². The zero-order valence-corrected chi connectivity index (χ0v) is 13.6. The fourth-order valence-electron chi connectivity index (χ4n) is 2.05. The van der Waals surface area contributed by atoms with E-state index in [1.165, 1.54) is 9.75 Å². The van der Waals surface area contributed by atoms with Crippen molar-refractivity contribution in [2.45, 2.75) is 33.2 Å². The molecule has 1 atom stereocenters. The standard InChI is InChI=1S/C17H22N2OS/c1-4-11-18-15-8-6-14(7-9-15)17(20)19-13(3)16-10-5-12(2)21-16/h5-10,13,18H,4,11H2,1-3H3,(H,19,20). The molecule has 0 aliphatic rings. The molecule has 1 aromatic carbocycles. The Balaban J connectivity index is 1.96. The van der Waals surface area contributed by atoms with Crippen LogP contribution in [0.2, 0.25) is 0 Å². The first-order chi connectivity index (χ1) is 10.1. The lowest BCUT2D eigenvalue weighted by Gasteiger charge is -2.12. The minimum absolute atomic E-state index is 0.0319. The lowest BCUT2D eigenvalue weighted by molar-refractivity contribution is 0.0940. The Labute approximate surface area is 130 Å². The van der Waals surface area contributed by atoms with Gasteiger partial charge in [0.2, 0.25) is 0 Å². The fourth-order valence-corrected chi connectivity index (χ4v) is 2.93. The van der Waals surface area contributed by atoms with E-state index < -0.39 is 0 Å². The van der Waals surface area contributed by atoms with Crippen LogP contribution in [0.25, 0.3) is 0 Å². The summed E-state index contributed by atoms with van der Waals surface area (Å²) in [5, 5.41) is 6.34. The number of carbonyl (C=O) groups excluding carboxylic acids is 1. The quantitative estimate of drug-likeness (QED) is 0.832. The van der Waals surface area contributed by atoms with Gasteiger partial charge in [0.05, 0.1) is 6.04 Å². The fraction of sp³-hybridized carbons (Fsp3) is 0.353. The summed E-state index contributed by atoms with van der Waals surface area (Å²) < 4.78 is 0. The molecule has 0 saturated carbocycles. The number of nitrogens with one attached hydrogen (secondary N) is 2. The number of amides is 1. The number of hydrogen-bond acceptors (Lipinski definition) is 3. The molecule has 2 rings (SSSR count). The monoisotopic (exact) mass is 302 g/mol. The average Bonchev–Trinajstić information content (AvgIpc) is 2.92. The summed E-state index contributed by atoms with van der Waals surface area (Å²) in [5.41, 5.74) is 1.74. The molecular formula is C17H22N2OS. The summed E-state index contributed by atoms with van der Waals surface area (Å²) in [7, 11) is 0. The van der Waals surface area contributed by atoms with E-state index in [2.05, 4.69) is 36.6 Å². The molecule has 1 aromatic heterocycles. The number of rotatable bonds is 6. The minimum Gasteiger partial charge on any atom is -0.385 e. The van der Waals surface area contributed by atoms with Crippen molar-refractivity contribution in [2.75, 3.05) is 11.9 Å². The maximum atomic E-state index is 12.2. The van der Waals surface area contributed by atoms with Crippen LogP contribution in [-0.4, -0.2) is 12.5 Å². The van der Waals surface area contributed by atoms with Crippen LogP contribution in [0.1, 0.15) is 46.4 Å². The number of carbonyl (C=O) groups is 1. The van der Waals surface area contributed by atoms with Gasteiger partial charge in [-0.25, -0.2) is 0 Å². The van der Waals surface area contributed by atoms with Gasteiger partial charge in [0.1, 0.15) is 0 Å². The smallest absolute Gasteiger partial charge is 0.251 e. The molecule has 21 heavy (non-hydrogen) atoms. The number of benzene rings is 1. The van der Waals surface area contributed by atoms with E-state index in [0.29, 0.717) is 5.56 Å². The predicted octanol–water partition coefficient (Wildman–Crippen LogP) is 4.37. The van der Waals surface area contributed by atoms with Crippen molar-refractivity contribution in [1.82, 2.24) is 5.32 Å². The summed E-state index contributed by atoms with van der Waals surface area (Å²) in [4.78, 5) is 14.7. The molecule has 112 valence electrons. The highest BCUT2D eigenvalue weighted by molar-refractivity contribution is 7.12. The lowest BCUT2D eigenvalue weighted by Crippen LogP contribution is -2.26. The number of aryl methyl sites for hydroxylation is 1. The molecule has 0 fully saturated rings. The number of thiophene rings is 1. The van der Waals surface area contributed by atoms with Crippen molar-refractivity contribution < 1.29 is 4.79 Å². The third-order valence-corrected chi connectivity index (χ3v) is 4.45. The Hall–Kier alpha value is -1.81. The molecule has 2 aromatic rings. The average molecular weight is 302 g/mol. The van der Waals surface area contributed by atoms with E-state index in [9.17, 15) is 4.79 Å². The second kappa shape index (κ2) is 7.27. The van der Waals surface area contributed by atoms with Crippen LogP contribution in [0.5, 0.6) is 0 Å². The summed E-state index contributed by atoms with van der Waals surface area (Å²) in [5.74, 6) is -0.0319. The van der Waals surface area contributed by atoms with E-state index in [4.69, 9.17) is 0 Å². The first-order valence-corrected chi connectivity index (χ1v) is 8.13. The molecule has 1 unspecified atom stereocenters. The maximum Gasteiger partial charge on any atom is 0.251 e. The van der Waals surface area contributed by atoms with Crippen molar-refractivity contribution in [1.29, 1.82) is 0 Å². The number of hydrogen-bond donors (Lipinski definition) is 2. The SMILES string of the molecule is CCCNc1ccc(C(=O)NC(C)c2ccc(C)s2)cc1. The van der Waals surface area contributed by atoms with Gasteiger partial charge in [-0.2, -0.15) is 0 Å². The van der Waals surface area contributed by atoms with Crippen molar-refractivity contribution >= 4 is 22.9 Å². The molecule has 0 radical (unpaired) electrons. The predicted molar refractivity (Wildman–Crippen MR) is 90.2 cm³/mol. The summed E-state index contributed by atoms with van der Waals surface area (Å²) in [6, 6.07) is 11.8. The van der Waals surface area contributed by atoms with Gasteiger partial charge in [0.25, 0.3) is 5.91 Å². The topological polar surface area (TPSA) is 41.1 Å². The van der Waals surface area contributed by atoms with Crippen LogP contribution in [0.15, 0.2) is 36.4 Å². The Morgan fingerprint density at radius 3 is 2.48 bits per heavy atom. The summed E-state index contributed by atoms with van der Waals surface area (Å²) >= 11 is 1.72. The highest BCUT2D eigenvalue weighted by atomic mass is 32.1. The third kappa shape index (κ3) is 4.33. The van der Waals surface area contributed by atoms with Crippen LogP contribution in [-0.2, 0) is 0 Å². The van der Waals surface area contributed by atoms with E-state index in [1.54, 1.807) is 11.3 Å². The Morgan fingerprint density at radius 2 is 1.90 bits per heavy atom. The van der Waals surface area contributed by atoms with Gasteiger partial charge in [-0.3, -0.25) is 4.79 Å². The lowest BCUT2D eigenvalue weighted by atomic mass is 10.1. The van der Waals surface area contributed by atoms with Crippen molar-refractivity contribution in [3.8, 4) is 0 Å². The molecule has 0 aliphatic heterocycles. The molecule has 0 saturated heterocycles. The zero-order chi connectivity index (χ0) is 15.2. The van der Waals surface area contributed by atoms with Crippen LogP contribution in [0.3, 0.4) is 0 Å². The first-order valence-electron chi connectivity index (χ1n) is 7.31. The molecule has 0 spiro atoms. The second-order valence-corrected chi connectivity index (χ2v) is 6.47. The van der Waals surface area contributed by atoms with E-state index in [1.807, 2.05) is 31.2 Å². The summed E-state index contributed by atoms with van der Waals surface area (Å²) in [6.07, 6.45) is 1.08. The van der Waals surface area contributed by atoms with E-state index >= 15 is 0 Å². The Kier molecular flexibility index (Phi) is 5.39. The van der Waals surface area contributed by atoms with Crippen LogP contribution < -0.4 is 10.6 Å². The molecule has 1 heterocycles. The second-order valence-electron chi connectivity index (χ2n) is 5.15. The minimum atomic E-state index is -0.0319. The number of anilines is 1. The molecule has 3 nitrogen and oxygen atoms in total. The normalized spacial score (nSPS) is 12.0. The molecule has 2 N–H and O–H groups in total. The van der Waals surface area contributed by atoms with Crippen LogP contribution in [0, 0.1) is 6.92 Å². The van der Waals surface area contributed by atoms with E-state index in [0.717, 1.165) is 18.7 Å². The third-order valence-electron chi connectivity index (χ3n) is 3.26. The zero-order valence-electron chi connectivity index (χ0n) is 12.8. The van der Waals surface area contributed by atoms with Gasteiger partial charge in [-0.15, -0.1) is 11.3 Å². The molecule has 4 heteroatoms. The Morgan fingerprint density at radius 1 is 1.19 bits per heavy atom. The van der Waals surface area contributed by atoms with Crippen molar-refractivity contribution in [3.63, 3.8) is 0 Å². The van der Waals surface area contributed by atoms with Gasteiger partial charge in [0, 0.05) is 27.5 Å². The highest BCUT2D eigenvalue weighted by Gasteiger charge is 2.12. The van der Waals surface area contributed by atoms with Crippen molar-refractivity contribution in [3.05, 3.63) is 51.7 Å². The maximum absolute atomic E-state index is 12.2. The molecular weight excluding hydrogens is 280 g/mol. The first kappa shape index (κ1) is 15.6. The van der Waals surface area contributed by atoms with Gasteiger partial charge >= 0.3 is 0 Å². The molecule has 0 bridgehead atoms. The van der Waals surface area contributed by atoms with Gasteiger partial charge in [-0.1, -0.05) is 6.92 Å². The van der Waals surface area contributed by atoms with Crippen LogP contribution >= 0.6 is 11.3 Å².